The van der Waals surface area contributed by atoms with E-state index in [1.807, 2.05) is 0 Å². The van der Waals surface area contributed by atoms with E-state index in [1.54, 1.807) is 14.0 Å². The molecule has 0 aliphatic carbocycles. The lowest BCUT2D eigenvalue weighted by Crippen LogP contribution is -2.13. The van der Waals surface area contributed by atoms with Gasteiger partial charge in [-0.3, -0.25) is 0 Å². The third-order valence-electron chi connectivity index (χ3n) is 4.31. The maximum Gasteiger partial charge on any atom is 0.342 e. The van der Waals surface area contributed by atoms with E-state index in [9.17, 15) is 13.6 Å². The summed E-state index contributed by atoms with van der Waals surface area (Å²) in [5.41, 5.74) is 1.35. The Morgan fingerprint density at radius 1 is 0.969 bits per heavy atom. The van der Waals surface area contributed by atoms with Crippen LogP contribution in [0.2, 0.25) is 0 Å². The van der Waals surface area contributed by atoms with Gasteiger partial charge in [0.2, 0.25) is 5.82 Å². The number of benzene rings is 2. The standard InChI is InChI=1S/C22H22F2N4O4/c1-3-32-22(29)20(21-25-27-28(26-21)14-31-13-12-30-2)19(15-4-8-17(23)9-5-15)16-6-10-18(24)11-7-16/h4-11H,3,12-14H2,1-2H3. The van der Waals surface area contributed by atoms with Gasteiger partial charge in [0, 0.05) is 12.7 Å². The zero-order valence-corrected chi connectivity index (χ0v) is 17.6. The van der Waals surface area contributed by atoms with E-state index >= 15 is 0 Å². The van der Waals surface area contributed by atoms with Gasteiger partial charge in [0.15, 0.2) is 6.73 Å². The molecule has 0 amide bonds. The Labute approximate surface area is 183 Å². The van der Waals surface area contributed by atoms with Crippen molar-refractivity contribution in [3.8, 4) is 0 Å². The molecule has 2 aromatic carbocycles. The molecule has 0 saturated heterocycles. The highest BCUT2D eigenvalue weighted by molar-refractivity contribution is 6.25. The number of carbonyl (C=O) groups excluding carboxylic acids is 1. The molecule has 3 rings (SSSR count). The summed E-state index contributed by atoms with van der Waals surface area (Å²) in [6.07, 6.45) is 0. The van der Waals surface area contributed by atoms with Gasteiger partial charge >= 0.3 is 5.97 Å². The average molecular weight is 444 g/mol. The number of tetrazole rings is 1. The molecule has 1 heterocycles. The van der Waals surface area contributed by atoms with Gasteiger partial charge in [0.25, 0.3) is 0 Å². The van der Waals surface area contributed by atoms with Crippen LogP contribution in [0.15, 0.2) is 48.5 Å². The van der Waals surface area contributed by atoms with Gasteiger partial charge in [0.05, 0.1) is 19.8 Å². The Balaban J connectivity index is 2.13. The molecule has 0 bridgehead atoms. The second kappa shape index (κ2) is 11.2. The summed E-state index contributed by atoms with van der Waals surface area (Å²) in [7, 11) is 1.55. The van der Waals surface area contributed by atoms with Gasteiger partial charge in [-0.15, -0.1) is 15.0 Å². The van der Waals surface area contributed by atoms with Gasteiger partial charge in [-0.25, -0.2) is 13.6 Å². The van der Waals surface area contributed by atoms with Crippen LogP contribution in [0.5, 0.6) is 0 Å². The van der Waals surface area contributed by atoms with E-state index in [2.05, 4.69) is 15.4 Å². The number of hydrogen-bond acceptors (Lipinski definition) is 7. The molecule has 0 N–H and O–H groups in total. The molecule has 8 nitrogen and oxygen atoms in total. The maximum absolute atomic E-state index is 13.6. The molecular formula is C22H22F2N4O4. The molecule has 0 aliphatic heterocycles. The number of methoxy groups -OCH3 is 1. The molecule has 0 unspecified atom stereocenters. The molecule has 0 fully saturated rings. The third-order valence-corrected chi connectivity index (χ3v) is 4.31. The third kappa shape index (κ3) is 5.80. The second-order valence-corrected chi connectivity index (χ2v) is 6.50. The molecular weight excluding hydrogens is 422 g/mol. The lowest BCUT2D eigenvalue weighted by molar-refractivity contribution is -0.136. The van der Waals surface area contributed by atoms with Crippen molar-refractivity contribution < 1.29 is 27.8 Å². The number of hydrogen-bond donors (Lipinski definition) is 0. The maximum atomic E-state index is 13.6. The summed E-state index contributed by atoms with van der Waals surface area (Å²) in [5, 5.41) is 12.2. The normalized spacial score (nSPS) is 10.8. The minimum Gasteiger partial charge on any atom is -0.462 e. The molecule has 0 saturated carbocycles. The predicted molar refractivity (Wildman–Crippen MR) is 111 cm³/mol. The van der Waals surface area contributed by atoms with Crippen molar-refractivity contribution in [3.05, 3.63) is 77.1 Å². The fourth-order valence-electron chi connectivity index (χ4n) is 2.88. The van der Waals surface area contributed by atoms with Crippen LogP contribution in [-0.4, -0.2) is 53.1 Å². The van der Waals surface area contributed by atoms with Crippen LogP contribution in [0, 0.1) is 11.6 Å². The number of halogens is 2. The monoisotopic (exact) mass is 444 g/mol. The van der Waals surface area contributed by atoms with Crippen molar-refractivity contribution in [2.24, 2.45) is 0 Å². The molecule has 32 heavy (non-hydrogen) atoms. The van der Waals surface area contributed by atoms with Crippen LogP contribution in [0.3, 0.4) is 0 Å². The first-order valence-corrected chi connectivity index (χ1v) is 9.81. The molecule has 3 aromatic rings. The Bertz CT molecular complexity index is 1020. The topological polar surface area (TPSA) is 88.4 Å². The Morgan fingerprint density at radius 3 is 2.09 bits per heavy atom. The van der Waals surface area contributed by atoms with E-state index in [1.165, 1.54) is 53.3 Å². The summed E-state index contributed by atoms with van der Waals surface area (Å²) in [5.74, 6) is -1.59. The molecule has 10 heteroatoms. The predicted octanol–water partition coefficient (Wildman–Crippen LogP) is 3.09. The molecule has 0 radical (unpaired) electrons. The quantitative estimate of drug-likeness (QED) is 0.270. The van der Waals surface area contributed by atoms with Crippen molar-refractivity contribution in [2.75, 3.05) is 26.9 Å². The van der Waals surface area contributed by atoms with Crippen molar-refractivity contribution in [1.29, 1.82) is 0 Å². The fraction of sp³-hybridized carbons (Fsp3) is 0.273. The number of esters is 1. The number of rotatable bonds is 10. The molecule has 0 aliphatic rings. The van der Waals surface area contributed by atoms with E-state index in [-0.39, 0.29) is 24.7 Å². The van der Waals surface area contributed by atoms with Gasteiger partial charge in [-0.05, 0) is 47.5 Å². The lowest BCUT2D eigenvalue weighted by Gasteiger charge is -2.14. The smallest absolute Gasteiger partial charge is 0.342 e. The number of ether oxygens (including phenoxy) is 3. The van der Waals surface area contributed by atoms with E-state index in [0.29, 0.717) is 29.9 Å². The van der Waals surface area contributed by atoms with Crippen molar-refractivity contribution in [2.45, 2.75) is 13.7 Å². The van der Waals surface area contributed by atoms with Crippen molar-refractivity contribution in [3.63, 3.8) is 0 Å². The molecule has 0 atom stereocenters. The first kappa shape index (κ1) is 23.2. The Hall–Kier alpha value is -3.50. The minimum atomic E-state index is -0.698. The van der Waals surface area contributed by atoms with Crippen LogP contribution < -0.4 is 0 Å². The van der Waals surface area contributed by atoms with Crippen LogP contribution in [0.25, 0.3) is 11.1 Å². The number of carbonyl (C=O) groups is 1. The van der Waals surface area contributed by atoms with E-state index in [4.69, 9.17) is 14.2 Å². The zero-order valence-electron chi connectivity index (χ0n) is 17.6. The van der Waals surface area contributed by atoms with Gasteiger partial charge in [0.1, 0.15) is 17.2 Å². The first-order chi connectivity index (χ1) is 15.5. The summed E-state index contributed by atoms with van der Waals surface area (Å²) in [4.78, 5) is 14.2. The zero-order chi connectivity index (χ0) is 22.9. The molecule has 168 valence electrons. The number of aromatic nitrogens is 4. The molecule has 0 spiro atoms. The highest BCUT2D eigenvalue weighted by Gasteiger charge is 2.26. The highest BCUT2D eigenvalue weighted by Crippen LogP contribution is 2.32. The average Bonchev–Trinajstić information content (AvgIpc) is 3.25. The minimum absolute atomic E-state index is 0.00506. The highest BCUT2D eigenvalue weighted by atomic mass is 19.1. The number of nitrogens with zero attached hydrogens (tertiary/aromatic N) is 4. The van der Waals surface area contributed by atoms with Gasteiger partial charge < -0.3 is 14.2 Å². The fourth-order valence-corrected chi connectivity index (χ4v) is 2.88. The van der Waals surface area contributed by atoms with E-state index in [0.717, 1.165) is 0 Å². The van der Waals surface area contributed by atoms with Crippen molar-refractivity contribution >= 4 is 17.1 Å². The lowest BCUT2D eigenvalue weighted by atomic mass is 9.92. The van der Waals surface area contributed by atoms with Gasteiger partial charge in [-0.1, -0.05) is 24.3 Å². The van der Waals surface area contributed by atoms with Crippen LogP contribution in [-0.2, 0) is 25.7 Å². The van der Waals surface area contributed by atoms with Crippen LogP contribution in [0.1, 0.15) is 23.9 Å². The Kier molecular flexibility index (Phi) is 8.12. The van der Waals surface area contributed by atoms with Gasteiger partial charge in [-0.2, -0.15) is 0 Å². The van der Waals surface area contributed by atoms with Crippen LogP contribution >= 0.6 is 0 Å². The summed E-state index contributed by atoms with van der Waals surface area (Å²) in [6.45, 7) is 2.49. The summed E-state index contributed by atoms with van der Waals surface area (Å²) in [6, 6.07) is 11.1. The Morgan fingerprint density at radius 2 is 1.56 bits per heavy atom. The first-order valence-electron chi connectivity index (χ1n) is 9.81. The molecule has 1 aromatic heterocycles. The summed E-state index contributed by atoms with van der Waals surface area (Å²) < 4.78 is 42.7. The van der Waals surface area contributed by atoms with E-state index < -0.39 is 17.6 Å². The van der Waals surface area contributed by atoms with Crippen molar-refractivity contribution in [1.82, 2.24) is 20.2 Å². The largest absolute Gasteiger partial charge is 0.462 e. The second-order valence-electron chi connectivity index (χ2n) is 6.50. The van der Waals surface area contributed by atoms with Crippen LogP contribution in [0.4, 0.5) is 8.78 Å². The summed E-state index contributed by atoms with van der Waals surface area (Å²) >= 11 is 0. The SMILES string of the molecule is CCOC(=O)C(=C(c1ccc(F)cc1)c1ccc(F)cc1)c1nnn(COCCOC)n1.